The van der Waals surface area contributed by atoms with E-state index in [-0.39, 0.29) is 12.1 Å². The Morgan fingerprint density at radius 2 is 2.21 bits per heavy atom. The Balaban J connectivity index is 1.96. The maximum atomic E-state index is 12.3. The van der Waals surface area contributed by atoms with Gasteiger partial charge in [0.15, 0.2) is 0 Å². The van der Waals surface area contributed by atoms with Crippen LogP contribution in [0.5, 0.6) is 0 Å². The van der Waals surface area contributed by atoms with Crippen molar-refractivity contribution in [3.8, 4) is 0 Å². The maximum Gasteiger partial charge on any atom is 0.320 e. The van der Waals surface area contributed by atoms with Crippen LogP contribution in [0.3, 0.4) is 0 Å². The molecule has 1 aliphatic rings. The van der Waals surface area contributed by atoms with Crippen molar-refractivity contribution >= 4 is 23.3 Å². The summed E-state index contributed by atoms with van der Waals surface area (Å²) in [5, 5.41) is 10.8. The van der Waals surface area contributed by atoms with Gasteiger partial charge in [-0.05, 0) is 25.3 Å². The number of likely N-dealkylation sites (tertiary alicyclic amines) is 1. The summed E-state index contributed by atoms with van der Waals surface area (Å²) in [6, 6.07) is 4.00. The molecule has 0 atom stereocenters. The molecule has 1 fully saturated rings. The van der Waals surface area contributed by atoms with Crippen LogP contribution in [0.15, 0.2) is 17.5 Å². The van der Waals surface area contributed by atoms with Gasteiger partial charge in [-0.25, -0.2) is 4.79 Å². The lowest BCUT2D eigenvalue weighted by Gasteiger charge is -2.41. The molecule has 1 aromatic rings. The fraction of sp³-hybridized carbons (Fsp3) is 0.538. The Hall–Kier alpha value is -1.56. The molecule has 0 radical (unpaired) electrons. The third-order valence-corrected chi connectivity index (χ3v) is 4.14. The second-order valence-electron chi connectivity index (χ2n) is 5.02. The van der Waals surface area contributed by atoms with Crippen molar-refractivity contribution in [1.29, 1.82) is 0 Å². The lowest BCUT2D eigenvalue weighted by molar-refractivity contribution is -0.146. The zero-order valence-corrected chi connectivity index (χ0v) is 11.9. The number of amides is 2. The van der Waals surface area contributed by atoms with Gasteiger partial charge in [-0.15, -0.1) is 11.3 Å². The standard InChI is InChI=1S/C13H18N2O3S/c1-9(2)15(8-11-4-3-5-19-11)13(18)14-6-10(7-14)12(16)17/h3-5,9-10H,6-8H2,1-2H3,(H,16,17). The molecule has 0 saturated carbocycles. The third-order valence-electron chi connectivity index (χ3n) is 3.28. The molecule has 2 rings (SSSR count). The van der Waals surface area contributed by atoms with E-state index in [1.54, 1.807) is 21.1 Å². The van der Waals surface area contributed by atoms with Crippen LogP contribution in [0.4, 0.5) is 4.79 Å². The minimum atomic E-state index is -0.821. The highest BCUT2D eigenvalue weighted by Gasteiger charge is 2.38. The molecule has 2 amide bonds. The van der Waals surface area contributed by atoms with Crippen molar-refractivity contribution in [1.82, 2.24) is 9.80 Å². The molecule has 1 aliphatic heterocycles. The average Bonchev–Trinajstić information content (AvgIpc) is 2.74. The van der Waals surface area contributed by atoms with Crippen LogP contribution in [0.1, 0.15) is 18.7 Å². The van der Waals surface area contributed by atoms with Crippen LogP contribution in [-0.4, -0.2) is 46.0 Å². The van der Waals surface area contributed by atoms with Gasteiger partial charge in [-0.3, -0.25) is 4.79 Å². The van der Waals surface area contributed by atoms with Crippen LogP contribution in [0.2, 0.25) is 0 Å². The Morgan fingerprint density at radius 1 is 1.53 bits per heavy atom. The van der Waals surface area contributed by atoms with Gasteiger partial charge >= 0.3 is 12.0 Å². The number of carbonyl (C=O) groups excluding carboxylic acids is 1. The van der Waals surface area contributed by atoms with Crippen molar-refractivity contribution in [3.63, 3.8) is 0 Å². The molecule has 0 unspecified atom stereocenters. The molecule has 0 aromatic carbocycles. The van der Waals surface area contributed by atoms with E-state index >= 15 is 0 Å². The largest absolute Gasteiger partial charge is 0.481 e. The zero-order valence-electron chi connectivity index (χ0n) is 11.1. The zero-order chi connectivity index (χ0) is 14.0. The number of carbonyl (C=O) groups is 2. The summed E-state index contributed by atoms with van der Waals surface area (Å²) in [6.45, 7) is 5.17. The van der Waals surface area contributed by atoms with Crippen LogP contribution >= 0.6 is 11.3 Å². The molecule has 1 saturated heterocycles. The number of thiophene rings is 1. The SMILES string of the molecule is CC(C)N(Cc1cccs1)C(=O)N1CC(C(=O)O)C1. The summed E-state index contributed by atoms with van der Waals surface area (Å²) in [5.41, 5.74) is 0. The summed E-state index contributed by atoms with van der Waals surface area (Å²) in [6.07, 6.45) is 0. The Bertz CT molecular complexity index is 452. The number of carboxylic acid groups (broad SMARTS) is 1. The molecular weight excluding hydrogens is 264 g/mol. The number of nitrogens with zero attached hydrogens (tertiary/aromatic N) is 2. The van der Waals surface area contributed by atoms with Gasteiger partial charge < -0.3 is 14.9 Å². The Morgan fingerprint density at radius 3 is 2.68 bits per heavy atom. The van der Waals surface area contributed by atoms with E-state index in [0.29, 0.717) is 19.6 Å². The van der Waals surface area contributed by atoms with E-state index in [2.05, 4.69) is 0 Å². The summed E-state index contributed by atoms with van der Waals surface area (Å²) >= 11 is 1.62. The van der Waals surface area contributed by atoms with Crippen molar-refractivity contribution in [2.75, 3.05) is 13.1 Å². The molecule has 104 valence electrons. The highest BCUT2D eigenvalue weighted by atomic mass is 32.1. The van der Waals surface area contributed by atoms with Gasteiger partial charge in [0, 0.05) is 24.0 Å². The molecule has 2 heterocycles. The first-order valence-electron chi connectivity index (χ1n) is 6.29. The number of carboxylic acids is 1. The predicted molar refractivity (Wildman–Crippen MR) is 73.1 cm³/mol. The minimum Gasteiger partial charge on any atom is -0.481 e. The molecule has 19 heavy (non-hydrogen) atoms. The molecule has 5 nitrogen and oxygen atoms in total. The first kappa shape index (κ1) is 13.9. The van der Waals surface area contributed by atoms with Crippen molar-refractivity contribution in [2.24, 2.45) is 5.92 Å². The molecule has 0 spiro atoms. The van der Waals surface area contributed by atoms with E-state index in [4.69, 9.17) is 5.11 Å². The number of rotatable bonds is 4. The molecule has 0 bridgehead atoms. The summed E-state index contributed by atoms with van der Waals surface area (Å²) in [5.74, 6) is -1.22. The van der Waals surface area contributed by atoms with Crippen LogP contribution in [0.25, 0.3) is 0 Å². The lowest BCUT2D eigenvalue weighted by Crippen LogP contribution is -2.57. The van der Waals surface area contributed by atoms with Gasteiger partial charge in [0.1, 0.15) is 0 Å². The van der Waals surface area contributed by atoms with Gasteiger partial charge in [-0.1, -0.05) is 6.07 Å². The van der Waals surface area contributed by atoms with Crippen molar-refractivity contribution in [2.45, 2.75) is 26.4 Å². The molecule has 1 aromatic heterocycles. The third kappa shape index (κ3) is 3.07. The number of hydrogen-bond acceptors (Lipinski definition) is 3. The second kappa shape index (κ2) is 5.61. The van der Waals surface area contributed by atoms with Gasteiger partial charge in [-0.2, -0.15) is 0 Å². The van der Waals surface area contributed by atoms with Crippen molar-refractivity contribution < 1.29 is 14.7 Å². The van der Waals surface area contributed by atoms with Crippen LogP contribution < -0.4 is 0 Å². The lowest BCUT2D eigenvalue weighted by atomic mass is 10.0. The normalized spacial score (nSPS) is 15.4. The van der Waals surface area contributed by atoms with E-state index in [0.717, 1.165) is 4.88 Å². The monoisotopic (exact) mass is 282 g/mol. The maximum absolute atomic E-state index is 12.3. The predicted octanol–water partition coefficient (Wildman–Crippen LogP) is 2.09. The number of urea groups is 1. The van der Waals surface area contributed by atoms with E-state index in [1.165, 1.54) is 0 Å². The quantitative estimate of drug-likeness (QED) is 0.920. The molecule has 1 N–H and O–H groups in total. The highest BCUT2D eigenvalue weighted by Crippen LogP contribution is 2.21. The number of hydrogen-bond donors (Lipinski definition) is 1. The number of aliphatic carboxylic acids is 1. The van der Waals surface area contributed by atoms with Gasteiger partial charge in [0.25, 0.3) is 0 Å². The van der Waals surface area contributed by atoms with E-state index < -0.39 is 11.9 Å². The molecule has 0 aliphatic carbocycles. The summed E-state index contributed by atoms with van der Waals surface area (Å²) in [7, 11) is 0. The summed E-state index contributed by atoms with van der Waals surface area (Å²) < 4.78 is 0. The average molecular weight is 282 g/mol. The topological polar surface area (TPSA) is 60.9 Å². The van der Waals surface area contributed by atoms with E-state index in [1.807, 2.05) is 31.4 Å². The second-order valence-corrected chi connectivity index (χ2v) is 6.06. The van der Waals surface area contributed by atoms with Crippen LogP contribution in [-0.2, 0) is 11.3 Å². The van der Waals surface area contributed by atoms with Crippen molar-refractivity contribution in [3.05, 3.63) is 22.4 Å². The summed E-state index contributed by atoms with van der Waals surface area (Å²) in [4.78, 5) is 27.6. The fourth-order valence-corrected chi connectivity index (χ4v) is 2.72. The van der Waals surface area contributed by atoms with E-state index in [9.17, 15) is 9.59 Å². The first-order valence-corrected chi connectivity index (χ1v) is 7.17. The van der Waals surface area contributed by atoms with Gasteiger partial charge in [0.05, 0.1) is 12.5 Å². The molecular formula is C13H18N2O3S. The molecule has 6 heteroatoms. The fourth-order valence-electron chi connectivity index (χ4n) is 2.01. The van der Waals surface area contributed by atoms with Gasteiger partial charge in [0.2, 0.25) is 0 Å². The Kier molecular flexibility index (Phi) is 4.09. The van der Waals surface area contributed by atoms with Crippen LogP contribution in [0, 0.1) is 5.92 Å². The highest BCUT2D eigenvalue weighted by molar-refractivity contribution is 7.09. The minimum absolute atomic E-state index is 0.0686. The smallest absolute Gasteiger partial charge is 0.320 e. The Labute approximate surface area is 116 Å². The first-order chi connectivity index (χ1) is 8.99.